The fourth-order valence-corrected chi connectivity index (χ4v) is 5.13. The summed E-state index contributed by atoms with van der Waals surface area (Å²) < 4.78 is 15.6. The number of phosphoric acid groups is 1. The van der Waals surface area contributed by atoms with E-state index in [4.69, 9.17) is 14.3 Å². The maximum atomic E-state index is 10.8. The van der Waals surface area contributed by atoms with Gasteiger partial charge in [-0.3, -0.25) is 4.52 Å². The maximum absolute atomic E-state index is 10.8. The molecule has 4 rings (SSSR count). The third-order valence-electron chi connectivity index (χ3n) is 4.70. The highest BCUT2D eigenvalue weighted by Crippen LogP contribution is 2.60. The highest BCUT2D eigenvalue weighted by atomic mass is 31.2. The molecule has 4 aliphatic carbocycles. The summed E-state index contributed by atoms with van der Waals surface area (Å²) in [5.74, 6) is 2.39. The van der Waals surface area contributed by atoms with Crippen LogP contribution in [0.25, 0.3) is 0 Å². The Morgan fingerprint density at radius 2 is 1.50 bits per heavy atom. The molecule has 0 amide bonds. The lowest BCUT2D eigenvalue weighted by atomic mass is 9.50. The molecular formula is C11H19O4P. The van der Waals surface area contributed by atoms with Crippen molar-refractivity contribution < 1.29 is 18.9 Å². The van der Waals surface area contributed by atoms with Crippen LogP contribution in [0.15, 0.2) is 0 Å². The van der Waals surface area contributed by atoms with Crippen molar-refractivity contribution in [3.63, 3.8) is 0 Å². The van der Waals surface area contributed by atoms with Crippen LogP contribution < -0.4 is 0 Å². The summed E-state index contributed by atoms with van der Waals surface area (Å²) in [6.45, 7) is 0.265. The molecule has 4 bridgehead atoms. The summed E-state index contributed by atoms with van der Waals surface area (Å²) >= 11 is 0. The zero-order chi connectivity index (χ0) is 11.4. The van der Waals surface area contributed by atoms with Crippen molar-refractivity contribution in [3.8, 4) is 0 Å². The Bertz CT molecular complexity index is 300. The van der Waals surface area contributed by atoms with Crippen molar-refractivity contribution in [3.05, 3.63) is 0 Å². The van der Waals surface area contributed by atoms with Gasteiger partial charge in [-0.15, -0.1) is 0 Å². The largest absolute Gasteiger partial charge is 0.469 e. The summed E-state index contributed by atoms with van der Waals surface area (Å²) in [5, 5.41) is 0. The summed E-state index contributed by atoms with van der Waals surface area (Å²) in [7, 11) is -4.29. The Morgan fingerprint density at radius 1 is 1.06 bits per heavy atom. The Balaban J connectivity index is 1.71. The summed E-state index contributed by atoms with van der Waals surface area (Å²) in [6.07, 6.45) is 7.40. The molecule has 4 fully saturated rings. The molecule has 0 saturated heterocycles. The van der Waals surface area contributed by atoms with E-state index in [9.17, 15) is 4.57 Å². The zero-order valence-electron chi connectivity index (χ0n) is 9.34. The van der Waals surface area contributed by atoms with Gasteiger partial charge >= 0.3 is 7.82 Å². The Labute approximate surface area is 95.6 Å². The fourth-order valence-electron chi connectivity index (χ4n) is 4.69. The first-order valence-corrected chi connectivity index (χ1v) is 7.67. The first-order chi connectivity index (χ1) is 7.44. The maximum Gasteiger partial charge on any atom is 0.469 e. The second kappa shape index (κ2) is 3.55. The normalized spacial score (nSPS) is 46.2. The highest BCUT2D eigenvalue weighted by molar-refractivity contribution is 7.46. The first kappa shape index (κ1) is 11.2. The van der Waals surface area contributed by atoms with Crippen LogP contribution in [0, 0.1) is 23.2 Å². The molecule has 0 aromatic heterocycles. The minimum absolute atomic E-state index is 0.0931. The van der Waals surface area contributed by atoms with E-state index < -0.39 is 7.82 Å². The number of rotatable bonds is 3. The predicted octanol–water partition coefficient (Wildman–Crippen LogP) is 2.31. The zero-order valence-corrected chi connectivity index (χ0v) is 10.2. The van der Waals surface area contributed by atoms with Crippen LogP contribution in [-0.4, -0.2) is 16.4 Å². The monoisotopic (exact) mass is 246 g/mol. The molecule has 4 nitrogen and oxygen atoms in total. The second-order valence-electron chi connectivity index (χ2n) is 6.18. The van der Waals surface area contributed by atoms with E-state index in [1.165, 1.54) is 19.3 Å². The molecule has 16 heavy (non-hydrogen) atoms. The van der Waals surface area contributed by atoms with Crippen LogP contribution in [0.3, 0.4) is 0 Å². The van der Waals surface area contributed by atoms with Crippen molar-refractivity contribution in [2.24, 2.45) is 23.2 Å². The second-order valence-corrected chi connectivity index (χ2v) is 7.42. The molecule has 0 radical (unpaired) electrons. The SMILES string of the molecule is O=P(O)(O)OCC12CC3CC(CC(C3)C1)C2. The molecule has 0 spiro atoms. The van der Waals surface area contributed by atoms with Crippen molar-refractivity contribution in [1.82, 2.24) is 0 Å². The molecular weight excluding hydrogens is 227 g/mol. The predicted molar refractivity (Wildman–Crippen MR) is 58.6 cm³/mol. The first-order valence-electron chi connectivity index (χ1n) is 6.14. The van der Waals surface area contributed by atoms with Crippen LogP contribution in [0.1, 0.15) is 38.5 Å². The van der Waals surface area contributed by atoms with E-state index >= 15 is 0 Å². The molecule has 4 saturated carbocycles. The Morgan fingerprint density at radius 3 is 1.88 bits per heavy atom. The third kappa shape index (κ3) is 2.08. The van der Waals surface area contributed by atoms with Crippen LogP contribution in [0.2, 0.25) is 0 Å². The molecule has 5 heteroatoms. The third-order valence-corrected chi connectivity index (χ3v) is 5.17. The van der Waals surface area contributed by atoms with E-state index in [2.05, 4.69) is 0 Å². The standard InChI is InChI=1S/C11H19O4P/c12-16(13,14)15-7-11-4-8-1-9(5-11)3-10(2-8)6-11/h8-10H,1-7H2,(H2,12,13,14). The molecule has 0 atom stereocenters. The number of hydrogen-bond acceptors (Lipinski definition) is 2. The van der Waals surface area contributed by atoms with Crippen LogP contribution in [0.5, 0.6) is 0 Å². The topological polar surface area (TPSA) is 66.8 Å². The van der Waals surface area contributed by atoms with E-state index in [0.717, 1.165) is 37.0 Å². The highest BCUT2D eigenvalue weighted by Gasteiger charge is 2.51. The van der Waals surface area contributed by atoms with Crippen LogP contribution in [-0.2, 0) is 9.09 Å². The van der Waals surface area contributed by atoms with E-state index in [0.29, 0.717) is 0 Å². The van der Waals surface area contributed by atoms with Crippen molar-refractivity contribution in [1.29, 1.82) is 0 Å². The summed E-state index contributed by atoms with van der Waals surface area (Å²) in [4.78, 5) is 17.6. The van der Waals surface area contributed by atoms with Gasteiger partial charge in [-0.1, -0.05) is 0 Å². The average molecular weight is 246 g/mol. The Hall–Kier alpha value is 0.110. The van der Waals surface area contributed by atoms with E-state index in [1.54, 1.807) is 0 Å². The van der Waals surface area contributed by atoms with Gasteiger partial charge in [0.1, 0.15) is 0 Å². The summed E-state index contributed by atoms with van der Waals surface area (Å²) in [5.41, 5.74) is 0.0931. The van der Waals surface area contributed by atoms with Gasteiger partial charge < -0.3 is 9.79 Å². The van der Waals surface area contributed by atoms with Crippen LogP contribution >= 0.6 is 7.82 Å². The van der Waals surface area contributed by atoms with Crippen molar-refractivity contribution in [2.75, 3.05) is 6.61 Å². The van der Waals surface area contributed by atoms with Gasteiger partial charge in [-0.2, -0.15) is 0 Å². The van der Waals surface area contributed by atoms with Gasteiger partial charge in [0, 0.05) is 0 Å². The molecule has 0 aromatic carbocycles. The molecule has 2 N–H and O–H groups in total. The van der Waals surface area contributed by atoms with E-state index in [1.807, 2.05) is 0 Å². The van der Waals surface area contributed by atoms with Gasteiger partial charge in [0.05, 0.1) is 6.61 Å². The van der Waals surface area contributed by atoms with Crippen LogP contribution in [0.4, 0.5) is 0 Å². The average Bonchev–Trinajstić information content (AvgIpc) is 2.11. The minimum Gasteiger partial charge on any atom is -0.303 e. The fraction of sp³-hybridized carbons (Fsp3) is 1.00. The molecule has 92 valence electrons. The lowest BCUT2D eigenvalue weighted by Gasteiger charge is -2.56. The van der Waals surface area contributed by atoms with Crippen molar-refractivity contribution >= 4 is 7.82 Å². The van der Waals surface area contributed by atoms with Gasteiger partial charge in [-0.05, 0) is 61.7 Å². The van der Waals surface area contributed by atoms with Gasteiger partial charge in [0.25, 0.3) is 0 Å². The molecule has 4 aliphatic rings. The number of phosphoric ester groups is 1. The quantitative estimate of drug-likeness (QED) is 0.750. The lowest BCUT2D eigenvalue weighted by Crippen LogP contribution is -2.48. The number of hydrogen-bond donors (Lipinski definition) is 2. The smallest absolute Gasteiger partial charge is 0.303 e. The lowest BCUT2D eigenvalue weighted by molar-refractivity contribution is -0.0783. The Kier molecular flexibility index (Phi) is 2.49. The van der Waals surface area contributed by atoms with Gasteiger partial charge in [-0.25, -0.2) is 4.57 Å². The van der Waals surface area contributed by atoms with Gasteiger partial charge in [0.2, 0.25) is 0 Å². The minimum atomic E-state index is -4.29. The molecule has 0 unspecified atom stereocenters. The van der Waals surface area contributed by atoms with E-state index in [-0.39, 0.29) is 12.0 Å². The molecule has 0 aromatic rings. The summed E-state index contributed by atoms with van der Waals surface area (Å²) in [6, 6.07) is 0. The molecule has 0 heterocycles. The van der Waals surface area contributed by atoms with Crippen molar-refractivity contribution in [2.45, 2.75) is 38.5 Å². The molecule has 0 aliphatic heterocycles. The van der Waals surface area contributed by atoms with Gasteiger partial charge in [0.15, 0.2) is 0 Å².